The number of carboxylic acids is 2. The van der Waals surface area contributed by atoms with Gasteiger partial charge in [0, 0.05) is 0 Å². The monoisotopic (exact) mass is 316 g/mol. The van der Waals surface area contributed by atoms with Crippen molar-refractivity contribution < 1.29 is 29.3 Å². The van der Waals surface area contributed by atoms with Gasteiger partial charge in [0.25, 0.3) is 0 Å². The van der Waals surface area contributed by atoms with Crippen LogP contribution < -0.4 is 0 Å². The molecule has 0 rings (SSSR count). The Bertz CT molecular complexity index is 432. The fraction of sp³-hybridized carbons (Fsp3) is 0.812. The second kappa shape index (κ2) is 7.11. The summed E-state index contributed by atoms with van der Waals surface area (Å²) in [4.78, 5) is 36.3. The molecule has 22 heavy (non-hydrogen) atoms. The summed E-state index contributed by atoms with van der Waals surface area (Å²) in [6.45, 7) is 11.5. The van der Waals surface area contributed by atoms with Gasteiger partial charge in [-0.05, 0) is 39.0 Å². The Morgan fingerprint density at radius 3 is 1.68 bits per heavy atom. The normalized spacial score (nSPS) is 16.2. The van der Waals surface area contributed by atoms with E-state index in [-0.39, 0.29) is 12.3 Å². The summed E-state index contributed by atoms with van der Waals surface area (Å²) in [5.41, 5.74) is -3.00. The molecule has 0 fully saturated rings. The predicted octanol–water partition coefficient (Wildman–Crippen LogP) is 2.80. The predicted molar refractivity (Wildman–Crippen MR) is 81.3 cm³/mol. The Kier molecular flexibility index (Phi) is 6.60. The van der Waals surface area contributed by atoms with Crippen LogP contribution in [0.5, 0.6) is 0 Å². The van der Waals surface area contributed by atoms with Crippen molar-refractivity contribution in [3.05, 3.63) is 0 Å². The molecule has 0 aromatic carbocycles. The van der Waals surface area contributed by atoms with Crippen molar-refractivity contribution in [2.24, 2.45) is 23.2 Å². The Morgan fingerprint density at radius 2 is 1.45 bits per heavy atom. The number of carbonyl (C=O) groups is 3. The number of rotatable bonds is 7. The summed E-state index contributed by atoms with van der Waals surface area (Å²) in [6, 6.07) is 0. The van der Waals surface area contributed by atoms with Crippen LogP contribution in [0, 0.1) is 23.2 Å². The van der Waals surface area contributed by atoms with Crippen molar-refractivity contribution in [1.82, 2.24) is 0 Å². The third-order valence-corrected chi connectivity index (χ3v) is 3.56. The molecule has 0 aliphatic carbocycles. The molecular formula is C16H28O6. The summed E-state index contributed by atoms with van der Waals surface area (Å²) in [5.74, 6) is -5.88. The van der Waals surface area contributed by atoms with E-state index in [2.05, 4.69) is 0 Å². The van der Waals surface area contributed by atoms with Gasteiger partial charge in [0.15, 0.2) is 5.41 Å². The molecule has 0 aromatic heterocycles. The number of esters is 1. The number of carbonyl (C=O) groups excluding carboxylic acids is 1. The lowest BCUT2D eigenvalue weighted by Crippen LogP contribution is -2.54. The minimum Gasteiger partial charge on any atom is -0.481 e. The van der Waals surface area contributed by atoms with E-state index >= 15 is 0 Å². The first kappa shape index (κ1) is 20.4. The van der Waals surface area contributed by atoms with E-state index in [4.69, 9.17) is 4.74 Å². The van der Waals surface area contributed by atoms with Crippen LogP contribution in [0.3, 0.4) is 0 Å². The van der Waals surface area contributed by atoms with E-state index in [1.54, 1.807) is 34.6 Å². The zero-order chi connectivity index (χ0) is 17.9. The highest BCUT2D eigenvalue weighted by Crippen LogP contribution is 2.42. The third-order valence-electron chi connectivity index (χ3n) is 3.56. The van der Waals surface area contributed by atoms with Gasteiger partial charge in [-0.25, -0.2) is 0 Å². The van der Waals surface area contributed by atoms with E-state index in [9.17, 15) is 24.6 Å². The number of hydrogen-bond acceptors (Lipinski definition) is 4. The Labute approximate surface area is 131 Å². The average molecular weight is 316 g/mol. The van der Waals surface area contributed by atoms with Gasteiger partial charge in [-0.15, -0.1) is 0 Å². The smallest absolute Gasteiger partial charge is 0.325 e. The number of ether oxygens (including phenoxy) is 1. The van der Waals surface area contributed by atoms with E-state index in [1.165, 1.54) is 13.8 Å². The Hall–Kier alpha value is -1.59. The minimum atomic E-state index is -2.11. The van der Waals surface area contributed by atoms with Gasteiger partial charge < -0.3 is 14.9 Å². The van der Waals surface area contributed by atoms with E-state index in [1.807, 2.05) is 0 Å². The van der Waals surface area contributed by atoms with Gasteiger partial charge >= 0.3 is 17.9 Å². The van der Waals surface area contributed by atoms with Gasteiger partial charge in [0.05, 0.1) is 5.92 Å². The lowest BCUT2D eigenvalue weighted by molar-refractivity contribution is -0.191. The molecule has 0 spiro atoms. The lowest BCUT2D eigenvalue weighted by atomic mass is 9.65. The topological polar surface area (TPSA) is 101 Å². The molecular weight excluding hydrogens is 288 g/mol. The minimum absolute atomic E-state index is 0.0685. The highest BCUT2D eigenvalue weighted by Gasteiger charge is 2.59. The van der Waals surface area contributed by atoms with Crippen molar-refractivity contribution in [2.45, 2.75) is 60.5 Å². The first-order chi connectivity index (χ1) is 9.76. The van der Waals surface area contributed by atoms with Gasteiger partial charge in [-0.1, -0.05) is 27.7 Å². The van der Waals surface area contributed by atoms with Crippen LogP contribution in [0.2, 0.25) is 0 Å². The molecule has 0 amide bonds. The number of carboxylic acid groups (broad SMARTS) is 2. The second-order valence-corrected chi connectivity index (χ2v) is 7.35. The molecule has 0 aliphatic rings. The van der Waals surface area contributed by atoms with Crippen LogP contribution in [0.1, 0.15) is 54.9 Å². The van der Waals surface area contributed by atoms with Gasteiger partial charge in [0.2, 0.25) is 0 Å². The SMILES string of the molecule is CC(C)C[C@@H](C(=O)O)C(C(=O)O)(C(=O)OC(C)(C)C)C(C)C. The Morgan fingerprint density at radius 1 is 1.00 bits per heavy atom. The third kappa shape index (κ3) is 4.45. The zero-order valence-electron chi connectivity index (χ0n) is 14.5. The zero-order valence-corrected chi connectivity index (χ0v) is 14.5. The van der Waals surface area contributed by atoms with Crippen LogP contribution in [0.4, 0.5) is 0 Å². The van der Waals surface area contributed by atoms with Crippen LogP contribution in [-0.4, -0.2) is 33.7 Å². The molecule has 0 bridgehead atoms. The fourth-order valence-corrected chi connectivity index (χ4v) is 2.58. The molecule has 2 atom stereocenters. The van der Waals surface area contributed by atoms with Crippen molar-refractivity contribution in [1.29, 1.82) is 0 Å². The molecule has 6 heteroatoms. The molecule has 0 aromatic rings. The van der Waals surface area contributed by atoms with E-state index in [0.717, 1.165) is 0 Å². The van der Waals surface area contributed by atoms with Crippen LogP contribution in [-0.2, 0) is 19.1 Å². The maximum absolute atomic E-state index is 12.6. The van der Waals surface area contributed by atoms with E-state index in [0.29, 0.717) is 0 Å². The quantitative estimate of drug-likeness (QED) is 0.553. The maximum atomic E-state index is 12.6. The molecule has 0 radical (unpaired) electrons. The maximum Gasteiger partial charge on any atom is 0.325 e. The molecule has 0 heterocycles. The lowest BCUT2D eigenvalue weighted by Gasteiger charge is -2.38. The number of aliphatic carboxylic acids is 2. The second-order valence-electron chi connectivity index (χ2n) is 7.35. The largest absolute Gasteiger partial charge is 0.481 e. The van der Waals surface area contributed by atoms with Crippen molar-refractivity contribution in [3.8, 4) is 0 Å². The average Bonchev–Trinajstić information content (AvgIpc) is 2.23. The molecule has 6 nitrogen and oxygen atoms in total. The summed E-state index contributed by atoms with van der Waals surface area (Å²) >= 11 is 0. The highest BCUT2D eigenvalue weighted by atomic mass is 16.6. The fourth-order valence-electron chi connectivity index (χ4n) is 2.58. The first-order valence-corrected chi connectivity index (χ1v) is 7.46. The first-order valence-electron chi connectivity index (χ1n) is 7.46. The molecule has 1 unspecified atom stereocenters. The number of hydrogen-bond donors (Lipinski definition) is 2. The summed E-state index contributed by atoms with van der Waals surface area (Å²) in [6.07, 6.45) is 0.0824. The van der Waals surface area contributed by atoms with Gasteiger partial charge in [-0.2, -0.15) is 0 Å². The highest BCUT2D eigenvalue weighted by molar-refractivity contribution is 6.03. The Balaban J connectivity index is 6.13. The molecule has 0 saturated carbocycles. The molecule has 0 saturated heterocycles. The van der Waals surface area contributed by atoms with Crippen LogP contribution in [0.15, 0.2) is 0 Å². The van der Waals surface area contributed by atoms with Crippen molar-refractivity contribution in [3.63, 3.8) is 0 Å². The van der Waals surface area contributed by atoms with Gasteiger partial charge in [-0.3, -0.25) is 14.4 Å². The van der Waals surface area contributed by atoms with Crippen LogP contribution >= 0.6 is 0 Å². The summed E-state index contributed by atoms with van der Waals surface area (Å²) in [7, 11) is 0. The van der Waals surface area contributed by atoms with E-state index < -0.39 is 40.8 Å². The van der Waals surface area contributed by atoms with Crippen molar-refractivity contribution in [2.75, 3.05) is 0 Å². The van der Waals surface area contributed by atoms with Crippen molar-refractivity contribution >= 4 is 17.9 Å². The van der Waals surface area contributed by atoms with Gasteiger partial charge in [0.1, 0.15) is 5.60 Å². The van der Waals surface area contributed by atoms with Crippen LogP contribution in [0.25, 0.3) is 0 Å². The molecule has 128 valence electrons. The summed E-state index contributed by atoms with van der Waals surface area (Å²) in [5, 5.41) is 19.3. The standard InChI is InChI=1S/C16H28O6/c1-9(2)8-11(12(17)18)16(10(3)4,13(19)20)14(21)22-15(5,6)7/h9-11H,8H2,1-7H3,(H,17,18)(H,19,20)/t11-,16?/m0/s1. The molecule has 2 N–H and O–H groups in total. The molecule has 0 aliphatic heterocycles. The summed E-state index contributed by atoms with van der Waals surface area (Å²) < 4.78 is 5.26.